The van der Waals surface area contributed by atoms with Crippen molar-refractivity contribution < 1.29 is 9.53 Å². The van der Waals surface area contributed by atoms with Crippen molar-refractivity contribution in [2.75, 3.05) is 18.1 Å². The third-order valence-corrected chi connectivity index (χ3v) is 7.36. The number of hydrogen-bond acceptors (Lipinski definition) is 3. The minimum atomic E-state index is 0.0547. The van der Waals surface area contributed by atoms with Gasteiger partial charge in [0.15, 0.2) is 0 Å². The molecule has 1 amide bonds. The van der Waals surface area contributed by atoms with Gasteiger partial charge >= 0.3 is 0 Å². The van der Waals surface area contributed by atoms with Crippen LogP contribution in [0.4, 0.5) is 5.69 Å². The summed E-state index contributed by atoms with van der Waals surface area (Å²) < 4.78 is 9.33. The Labute approximate surface area is 220 Å². The Morgan fingerprint density at radius 1 is 1.03 bits per heavy atom. The average molecular weight is 544 g/mol. The van der Waals surface area contributed by atoms with Crippen molar-refractivity contribution in [1.29, 1.82) is 0 Å². The second-order valence-corrected chi connectivity index (χ2v) is 9.98. The zero-order valence-corrected chi connectivity index (χ0v) is 21.9. The van der Waals surface area contributed by atoms with Crippen LogP contribution in [0.15, 0.2) is 89.9 Å². The van der Waals surface area contributed by atoms with Crippen LogP contribution >= 0.6 is 15.9 Å². The van der Waals surface area contributed by atoms with E-state index in [0.29, 0.717) is 19.6 Å². The third kappa shape index (κ3) is 5.09. The van der Waals surface area contributed by atoms with E-state index >= 15 is 0 Å². The molecule has 3 aromatic carbocycles. The van der Waals surface area contributed by atoms with Crippen molar-refractivity contribution in [2.24, 2.45) is 0 Å². The van der Waals surface area contributed by atoms with Crippen LogP contribution in [0.5, 0.6) is 5.75 Å². The van der Waals surface area contributed by atoms with Crippen LogP contribution in [0.3, 0.4) is 0 Å². The number of nitrogens with zero attached hydrogens (tertiary/aromatic N) is 3. The van der Waals surface area contributed by atoms with E-state index in [2.05, 4.69) is 51.3 Å². The van der Waals surface area contributed by atoms with Gasteiger partial charge in [-0.1, -0.05) is 48.5 Å². The Morgan fingerprint density at radius 2 is 1.81 bits per heavy atom. The molecule has 1 unspecified atom stereocenters. The zero-order valence-electron chi connectivity index (χ0n) is 20.3. The number of halogens is 1. The number of ether oxygens (including phenoxy) is 1. The Bertz CT molecular complexity index is 1380. The van der Waals surface area contributed by atoms with Gasteiger partial charge in [-0.05, 0) is 71.1 Å². The molecule has 0 aliphatic carbocycles. The first-order valence-corrected chi connectivity index (χ1v) is 13.3. The third-order valence-electron chi connectivity index (χ3n) is 6.69. The smallest absolute Gasteiger partial charge is 0.227 e. The molecule has 1 atom stereocenters. The number of rotatable bonds is 10. The molecule has 1 aliphatic heterocycles. The summed E-state index contributed by atoms with van der Waals surface area (Å²) in [4.78, 5) is 19.9. The Balaban J connectivity index is 1.29. The molecule has 0 spiro atoms. The van der Waals surface area contributed by atoms with Gasteiger partial charge in [0.25, 0.3) is 0 Å². The fourth-order valence-corrected chi connectivity index (χ4v) is 5.45. The molecule has 1 fully saturated rings. The molecular weight excluding hydrogens is 514 g/mol. The first-order chi connectivity index (χ1) is 17.7. The normalized spacial score (nSPS) is 15.5. The van der Waals surface area contributed by atoms with Gasteiger partial charge in [-0.15, -0.1) is 6.58 Å². The Kier molecular flexibility index (Phi) is 7.52. The topological polar surface area (TPSA) is 47.4 Å². The first-order valence-electron chi connectivity index (χ1n) is 12.5. The fourth-order valence-electron chi connectivity index (χ4n) is 4.95. The molecule has 5 rings (SSSR count). The summed E-state index contributed by atoms with van der Waals surface area (Å²) in [7, 11) is 0. The highest BCUT2D eigenvalue weighted by atomic mass is 79.9. The van der Waals surface area contributed by atoms with Crippen molar-refractivity contribution in [3.63, 3.8) is 0 Å². The zero-order chi connectivity index (χ0) is 24.9. The molecule has 0 saturated carbocycles. The van der Waals surface area contributed by atoms with Crippen molar-refractivity contribution in [1.82, 2.24) is 9.55 Å². The summed E-state index contributed by atoms with van der Waals surface area (Å²) in [5, 5.41) is 0. The van der Waals surface area contributed by atoms with E-state index in [1.165, 1.54) is 0 Å². The Morgan fingerprint density at radius 3 is 2.67 bits per heavy atom. The summed E-state index contributed by atoms with van der Waals surface area (Å²) in [6.45, 7) is 5.98. The molecule has 4 aromatic rings. The fraction of sp³-hybridized carbons (Fsp3) is 0.267. The van der Waals surface area contributed by atoms with Gasteiger partial charge in [0, 0.05) is 29.9 Å². The molecule has 1 saturated heterocycles. The highest BCUT2D eigenvalue weighted by Crippen LogP contribution is 2.36. The number of carbonyl (C=O) groups excluding carboxylic acids is 1. The minimum Gasteiger partial charge on any atom is -0.493 e. The number of imidazole rings is 1. The lowest BCUT2D eigenvalue weighted by atomic mass is 10.1. The first kappa shape index (κ1) is 24.3. The lowest BCUT2D eigenvalue weighted by Gasteiger charge is -2.19. The highest BCUT2D eigenvalue weighted by molar-refractivity contribution is 9.10. The quantitative estimate of drug-likeness (QED) is 0.161. The molecule has 2 heterocycles. The van der Waals surface area contributed by atoms with Crippen molar-refractivity contribution >= 4 is 38.6 Å². The minimum absolute atomic E-state index is 0.0547. The summed E-state index contributed by atoms with van der Waals surface area (Å²) in [5.41, 5.74) is 4.18. The van der Waals surface area contributed by atoms with Crippen LogP contribution in [-0.2, 0) is 17.8 Å². The standard InChI is InChI=1S/C30H30BrN3O2/c1-2-11-22-12-3-8-17-28(22)36-19-10-9-18-33-27-16-7-5-14-25(27)32-30(33)23-20-29(35)34(21-23)26-15-6-4-13-24(26)31/h2-8,12-17,23H,1,9-11,18-21H2. The largest absolute Gasteiger partial charge is 0.493 e. The van der Waals surface area contributed by atoms with Crippen LogP contribution in [-0.4, -0.2) is 28.6 Å². The molecule has 36 heavy (non-hydrogen) atoms. The second-order valence-electron chi connectivity index (χ2n) is 9.12. The van der Waals surface area contributed by atoms with Crippen molar-refractivity contribution in [3.05, 3.63) is 101 Å². The number of carbonyl (C=O) groups is 1. The van der Waals surface area contributed by atoms with Crippen LogP contribution < -0.4 is 9.64 Å². The van der Waals surface area contributed by atoms with Gasteiger partial charge in [-0.25, -0.2) is 4.98 Å². The van der Waals surface area contributed by atoms with Gasteiger partial charge < -0.3 is 14.2 Å². The van der Waals surface area contributed by atoms with E-state index in [1.807, 2.05) is 59.5 Å². The van der Waals surface area contributed by atoms with E-state index in [4.69, 9.17) is 9.72 Å². The number of aromatic nitrogens is 2. The molecule has 184 valence electrons. The summed E-state index contributed by atoms with van der Waals surface area (Å²) in [6.07, 6.45) is 5.07. The number of fused-ring (bicyclic) bond motifs is 1. The highest BCUT2D eigenvalue weighted by Gasteiger charge is 2.35. The molecule has 0 bridgehead atoms. The molecule has 0 N–H and O–H groups in total. The average Bonchev–Trinajstić information content (AvgIpc) is 3.45. The van der Waals surface area contributed by atoms with Gasteiger partial charge in [-0.2, -0.15) is 0 Å². The SMILES string of the molecule is C=CCc1ccccc1OCCCCn1c(C2CC(=O)N(c3ccccc3Br)C2)nc2ccccc21. The molecule has 6 heteroatoms. The summed E-state index contributed by atoms with van der Waals surface area (Å²) in [6, 6.07) is 24.3. The van der Waals surface area contributed by atoms with Crippen molar-refractivity contribution in [3.8, 4) is 5.75 Å². The van der Waals surface area contributed by atoms with Crippen molar-refractivity contribution in [2.45, 2.75) is 38.1 Å². The number of benzene rings is 3. The van der Waals surface area contributed by atoms with Crippen LogP contribution in [0.1, 0.15) is 36.6 Å². The van der Waals surface area contributed by atoms with Gasteiger partial charge in [0.2, 0.25) is 5.91 Å². The predicted molar refractivity (Wildman–Crippen MR) is 149 cm³/mol. The Hall–Kier alpha value is -3.38. The van der Waals surface area contributed by atoms with Crippen LogP contribution in [0, 0.1) is 0 Å². The number of unbranched alkanes of at least 4 members (excludes halogenated alkanes) is 1. The predicted octanol–water partition coefficient (Wildman–Crippen LogP) is 6.91. The van der Waals surface area contributed by atoms with Crippen LogP contribution in [0.2, 0.25) is 0 Å². The van der Waals surface area contributed by atoms with Crippen LogP contribution in [0.25, 0.3) is 11.0 Å². The van der Waals surface area contributed by atoms with E-state index in [1.54, 1.807) is 0 Å². The van der Waals surface area contributed by atoms with E-state index in [9.17, 15) is 4.79 Å². The van der Waals surface area contributed by atoms with E-state index in [0.717, 1.165) is 64.1 Å². The summed E-state index contributed by atoms with van der Waals surface area (Å²) >= 11 is 3.60. The number of anilines is 1. The van der Waals surface area contributed by atoms with Gasteiger partial charge in [-0.3, -0.25) is 4.79 Å². The van der Waals surface area contributed by atoms with Gasteiger partial charge in [0.1, 0.15) is 11.6 Å². The monoisotopic (exact) mass is 543 g/mol. The maximum absolute atomic E-state index is 13.0. The number of para-hydroxylation sites is 4. The van der Waals surface area contributed by atoms with E-state index < -0.39 is 0 Å². The molecule has 5 nitrogen and oxygen atoms in total. The maximum Gasteiger partial charge on any atom is 0.227 e. The second kappa shape index (κ2) is 11.1. The van der Waals surface area contributed by atoms with Gasteiger partial charge in [0.05, 0.1) is 23.3 Å². The lowest BCUT2D eigenvalue weighted by Crippen LogP contribution is -2.25. The number of aryl methyl sites for hydroxylation is 1. The number of amides is 1. The molecule has 0 radical (unpaired) electrons. The number of hydrogen-bond donors (Lipinski definition) is 0. The lowest BCUT2D eigenvalue weighted by molar-refractivity contribution is -0.117. The number of allylic oxidation sites excluding steroid dienone is 1. The van der Waals surface area contributed by atoms with E-state index in [-0.39, 0.29) is 11.8 Å². The molecule has 1 aromatic heterocycles. The summed E-state index contributed by atoms with van der Waals surface area (Å²) in [5.74, 6) is 2.12. The molecular formula is C30H30BrN3O2. The maximum atomic E-state index is 13.0. The molecule has 1 aliphatic rings.